The van der Waals surface area contributed by atoms with Crippen molar-refractivity contribution in [2.45, 2.75) is 31.7 Å². The van der Waals surface area contributed by atoms with Gasteiger partial charge in [0.15, 0.2) is 0 Å². The molecule has 5 heteroatoms. The van der Waals surface area contributed by atoms with Crippen LogP contribution < -0.4 is 0 Å². The molecule has 1 aromatic rings. The van der Waals surface area contributed by atoms with Crippen LogP contribution in [0.5, 0.6) is 0 Å². The van der Waals surface area contributed by atoms with Crippen molar-refractivity contribution >= 4 is 11.6 Å². The number of halogens is 1. The molecule has 1 saturated heterocycles. The number of hydrogen-bond acceptors (Lipinski definition) is 4. The van der Waals surface area contributed by atoms with Crippen molar-refractivity contribution < 1.29 is 14.9 Å². The van der Waals surface area contributed by atoms with Gasteiger partial charge in [0.2, 0.25) is 0 Å². The average molecular weight is 300 g/mol. The quantitative estimate of drug-likeness (QED) is 0.839. The van der Waals surface area contributed by atoms with Crippen molar-refractivity contribution in [2.75, 3.05) is 26.2 Å². The molecule has 4 nitrogen and oxygen atoms in total. The Morgan fingerprint density at radius 1 is 1.25 bits per heavy atom. The van der Waals surface area contributed by atoms with Gasteiger partial charge in [0.25, 0.3) is 0 Å². The lowest BCUT2D eigenvalue weighted by Gasteiger charge is -2.30. The summed E-state index contributed by atoms with van der Waals surface area (Å²) in [6, 6.07) is 7.49. The summed E-state index contributed by atoms with van der Waals surface area (Å²) in [5.41, 5.74) is 1.04. The van der Waals surface area contributed by atoms with E-state index in [4.69, 9.17) is 16.3 Å². The first kappa shape index (κ1) is 15.7. The molecule has 2 rings (SSSR count). The van der Waals surface area contributed by atoms with E-state index in [2.05, 4.69) is 4.90 Å². The monoisotopic (exact) mass is 299 g/mol. The zero-order valence-electron chi connectivity index (χ0n) is 11.5. The number of β-amino-alcohol motifs (C(OH)–C–C–N with tert-alkyl or cyclic N) is 1. The van der Waals surface area contributed by atoms with Crippen molar-refractivity contribution in [3.63, 3.8) is 0 Å². The van der Waals surface area contributed by atoms with E-state index in [0.29, 0.717) is 24.8 Å². The van der Waals surface area contributed by atoms with Gasteiger partial charge >= 0.3 is 0 Å². The van der Waals surface area contributed by atoms with Crippen molar-refractivity contribution in [1.82, 2.24) is 4.90 Å². The summed E-state index contributed by atoms with van der Waals surface area (Å²) in [7, 11) is 0. The van der Waals surface area contributed by atoms with Crippen molar-refractivity contribution in [3.8, 4) is 0 Å². The molecular weight excluding hydrogens is 278 g/mol. The van der Waals surface area contributed by atoms with Gasteiger partial charge in [0.1, 0.15) is 0 Å². The van der Waals surface area contributed by atoms with Crippen LogP contribution in [0, 0.1) is 0 Å². The van der Waals surface area contributed by atoms with Crippen LogP contribution in [-0.2, 0) is 11.3 Å². The number of rotatable bonds is 6. The number of benzene rings is 1. The Morgan fingerprint density at radius 2 is 1.90 bits per heavy atom. The minimum Gasteiger partial charge on any atom is -0.393 e. The van der Waals surface area contributed by atoms with Crippen LogP contribution in [0.1, 0.15) is 18.4 Å². The summed E-state index contributed by atoms with van der Waals surface area (Å²) in [5.74, 6) is 0. The minimum atomic E-state index is -0.488. The molecule has 2 N–H and O–H groups in total. The molecule has 1 aromatic carbocycles. The number of ether oxygens (including phenoxy) is 1. The molecule has 1 heterocycles. The Hall–Kier alpha value is -0.650. The second-order valence-electron chi connectivity index (χ2n) is 5.33. The lowest BCUT2D eigenvalue weighted by molar-refractivity contribution is -0.00243. The normalized spacial score (nSPS) is 19.1. The molecule has 0 spiro atoms. The van der Waals surface area contributed by atoms with Gasteiger partial charge in [0, 0.05) is 24.7 Å². The number of aliphatic hydroxyl groups excluding tert-OH is 2. The van der Waals surface area contributed by atoms with Gasteiger partial charge in [-0.3, -0.25) is 0 Å². The van der Waals surface area contributed by atoms with Crippen molar-refractivity contribution in [2.24, 2.45) is 0 Å². The van der Waals surface area contributed by atoms with Crippen LogP contribution in [0.3, 0.4) is 0 Å². The van der Waals surface area contributed by atoms with E-state index in [1.54, 1.807) is 0 Å². The molecule has 0 saturated carbocycles. The van der Waals surface area contributed by atoms with E-state index in [9.17, 15) is 10.2 Å². The summed E-state index contributed by atoms with van der Waals surface area (Å²) >= 11 is 5.81. The topological polar surface area (TPSA) is 52.9 Å². The highest BCUT2D eigenvalue weighted by Crippen LogP contribution is 2.12. The second kappa shape index (κ2) is 7.96. The van der Waals surface area contributed by atoms with Gasteiger partial charge in [0.05, 0.1) is 25.4 Å². The molecule has 0 aliphatic carbocycles. The summed E-state index contributed by atoms with van der Waals surface area (Å²) in [4.78, 5) is 2.17. The predicted octanol–water partition coefficient (Wildman–Crippen LogP) is 1.67. The first-order valence-electron chi connectivity index (χ1n) is 7.04. The largest absolute Gasteiger partial charge is 0.393 e. The lowest BCUT2D eigenvalue weighted by Crippen LogP contribution is -2.41. The highest BCUT2D eigenvalue weighted by molar-refractivity contribution is 6.30. The Kier molecular flexibility index (Phi) is 6.26. The summed E-state index contributed by atoms with van der Waals surface area (Å²) < 4.78 is 5.51. The molecule has 1 unspecified atom stereocenters. The fourth-order valence-corrected chi connectivity index (χ4v) is 2.47. The van der Waals surface area contributed by atoms with Crippen molar-refractivity contribution in [3.05, 3.63) is 34.9 Å². The second-order valence-corrected chi connectivity index (χ2v) is 5.76. The Bertz CT molecular complexity index is 391. The van der Waals surface area contributed by atoms with E-state index in [0.717, 1.165) is 31.5 Å². The summed E-state index contributed by atoms with van der Waals surface area (Å²) in [6.45, 7) is 3.09. The number of likely N-dealkylation sites (tertiary alicyclic amines) is 1. The number of hydrogen-bond donors (Lipinski definition) is 2. The zero-order chi connectivity index (χ0) is 14.4. The van der Waals surface area contributed by atoms with Gasteiger partial charge < -0.3 is 19.8 Å². The maximum Gasteiger partial charge on any atom is 0.0900 e. The predicted molar refractivity (Wildman–Crippen MR) is 78.8 cm³/mol. The highest BCUT2D eigenvalue weighted by Gasteiger charge is 2.19. The molecule has 1 fully saturated rings. The highest BCUT2D eigenvalue weighted by atomic mass is 35.5. The first-order valence-corrected chi connectivity index (χ1v) is 7.42. The maximum atomic E-state index is 9.94. The van der Waals surface area contributed by atoms with Gasteiger partial charge in [-0.25, -0.2) is 0 Å². The van der Waals surface area contributed by atoms with Crippen LogP contribution in [0.15, 0.2) is 24.3 Å². The van der Waals surface area contributed by atoms with Gasteiger partial charge in [-0.2, -0.15) is 0 Å². The molecule has 0 aromatic heterocycles. The van der Waals surface area contributed by atoms with Gasteiger partial charge in [-0.1, -0.05) is 23.7 Å². The molecule has 0 amide bonds. The van der Waals surface area contributed by atoms with Crippen LogP contribution in [-0.4, -0.2) is 53.6 Å². The molecule has 20 heavy (non-hydrogen) atoms. The van der Waals surface area contributed by atoms with Crippen molar-refractivity contribution in [1.29, 1.82) is 0 Å². The van der Waals surface area contributed by atoms with E-state index >= 15 is 0 Å². The smallest absolute Gasteiger partial charge is 0.0900 e. The third kappa shape index (κ3) is 5.38. The van der Waals surface area contributed by atoms with Crippen LogP contribution >= 0.6 is 11.6 Å². The van der Waals surface area contributed by atoms with Crippen LogP contribution in [0.2, 0.25) is 5.02 Å². The Labute approximate surface area is 124 Å². The SMILES string of the molecule is OC1CCN(CC(O)COCc2ccc(Cl)cc2)CC1. The number of aliphatic hydroxyl groups is 2. The van der Waals surface area contributed by atoms with Gasteiger partial charge in [-0.15, -0.1) is 0 Å². The minimum absolute atomic E-state index is 0.176. The number of nitrogens with zero attached hydrogens (tertiary/aromatic N) is 1. The fraction of sp³-hybridized carbons (Fsp3) is 0.600. The zero-order valence-corrected chi connectivity index (χ0v) is 12.3. The molecule has 1 atom stereocenters. The Morgan fingerprint density at radius 3 is 2.55 bits per heavy atom. The van der Waals surface area contributed by atoms with Gasteiger partial charge in [-0.05, 0) is 30.5 Å². The molecule has 0 bridgehead atoms. The summed E-state index contributed by atoms with van der Waals surface area (Å²) in [6.07, 6.45) is 0.915. The summed E-state index contributed by atoms with van der Waals surface area (Å²) in [5, 5.41) is 20.1. The Balaban J connectivity index is 1.62. The van der Waals surface area contributed by atoms with E-state index in [1.165, 1.54) is 0 Å². The number of piperidine rings is 1. The molecular formula is C15H22ClNO3. The average Bonchev–Trinajstić information content (AvgIpc) is 2.44. The molecule has 1 aliphatic heterocycles. The lowest BCUT2D eigenvalue weighted by atomic mass is 10.1. The standard InChI is InChI=1S/C15H22ClNO3/c16-13-3-1-12(2-4-13)10-20-11-15(19)9-17-7-5-14(18)6-8-17/h1-4,14-15,18-19H,5-11H2. The molecule has 112 valence electrons. The third-order valence-electron chi connectivity index (χ3n) is 3.52. The molecule has 1 aliphatic rings. The van der Waals surface area contributed by atoms with E-state index in [-0.39, 0.29) is 6.10 Å². The van der Waals surface area contributed by atoms with E-state index in [1.807, 2.05) is 24.3 Å². The third-order valence-corrected chi connectivity index (χ3v) is 3.77. The fourth-order valence-electron chi connectivity index (χ4n) is 2.35. The molecule has 0 radical (unpaired) electrons. The first-order chi connectivity index (χ1) is 9.63. The van der Waals surface area contributed by atoms with Crippen LogP contribution in [0.25, 0.3) is 0 Å². The maximum absolute atomic E-state index is 9.94. The van der Waals surface area contributed by atoms with Crippen LogP contribution in [0.4, 0.5) is 0 Å². The van der Waals surface area contributed by atoms with E-state index < -0.39 is 6.10 Å².